The van der Waals surface area contributed by atoms with Crippen LogP contribution in [-0.4, -0.2) is 9.97 Å². The largest absolute Gasteiger partial charge is 0.384 e. The fourth-order valence-electron chi connectivity index (χ4n) is 1.22. The van der Waals surface area contributed by atoms with Gasteiger partial charge in [-0.2, -0.15) is 0 Å². The summed E-state index contributed by atoms with van der Waals surface area (Å²) in [5, 5.41) is 0. The normalized spacial score (nSPS) is 10.3. The summed E-state index contributed by atoms with van der Waals surface area (Å²) >= 11 is 0. The second-order valence-electron chi connectivity index (χ2n) is 2.95. The minimum atomic E-state index is -0.673. The van der Waals surface area contributed by atoms with Crippen LogP contribution in [0, 0.1) is 11.6 Å². The highest BCUT2D eigenvalue weighted by Crippen LogP contribution is 2.21. The number of anilines is 1. The van der Waals surface area contributed by atoms with Crippen LogP contribution in [0.15, 0.2) is 30.6 Å². The van der Waals surface area contributed by atoms with Gasteiger partial charge in [0.25, 0.3) is 0 Å². The summed E-state index contributed by atoms with van der Waals surface area (Å²) in [6, 6.07) is 4.70. The number of aromatic nitrogens is 2. The molecule has 0 radical (unpaired) electrons. The molecule has 0 aliphatic carbocycles. The van der Waals surface area contributed by atoms with Crippen LogP contribution in [0.3, 0.4) is 0 Å². The Balaban J connectivity index is 2.54. The molecule has 1 aromatic carbocycles. The number of nitrogen functional groups attached to an aromatic ring is 1. The summed E-state index contributed by atoms with van der Waals surface area (Å²) in [5.74, 6) is -1.06. The second-order valence-corrected chi connectivity index (χ2v) is 2.95. The zero-order chi connectivity index (χ0) is 10.8. The molecule has 3 nitrogen and oxygen atoms in total. The predicted molar refractivity (Wildman–Crippen MR) is 51.8 cm³/mol. The molecule has 0 saturated heterocycles. The molecule has 2 aromatic rings. The fraction of sp³-hybridized carbons (Fsp3) is 0. The highest BCUT2D eigenvalue weighted by molar-refractivity contribution is 5.61. The van der Waals surface area contributed by atoms with Gasteiger partial charge >= 0.3 is 0 Å². The third-order valence-electron chi connectivity index (χ3n) is 1.90. The van der Waals surface area contributed by atoms with E-state index in [0.717, 1.165) is 12.1 Å². The Morgan fingerprint density at radius 2 is 1.87 bits per heavy atom. The van der Waals surface area contributed by atoms with Crippen molar-refractivity contribution in [1.29, 1.82) is 0 Å². The fourth-order valence-corrected chi connectivity index (χ4v) is 1.22. The van der Waals surface area contributed by atoms with E-state index in [1.54, 1.807) is 0 Å². The number of hydrogen-bond acceptors (Lipinski definition) is 3. The van der Waals surface area contributed by atoms with Crippen molar-refractivity contribution in [2.45, 2.75) is 0 Å². The molecule has 0 saturated carbocycles. The summed E-state index contributed by atoms with van der Waals surface area (Å²) in [6.45, 7) is 0. The monoisotopic (exact) mass is 207 g/mol. The molecule has 1 heterocycles. The molecule has 0 spiro atoms. The van der Waals surface area contributed by atoms with Crippen LogP contribution < -0.4 is 5.73 Å². The van der Waals surface area contributed by atoms with E-state index in [9.17, 15) is 8.78 Å². The van der Waals surface area contributed by atoms with E-state index in [1.165, 1.54) is 18.5 Å². The van der Waals surface area contributed by atoms with E-state index in [2.05, 4.69) is 9.97 Å². The van der Waals surface area contributed by atoms with Gasteiger partial charge in [-0.1, -0.05) is 0 Å². The van der Waals surface area contributed by atoms with Gasteiger partial charge in [-0.15, -0.1) is 0 Å². The lowest BCUT2D eigenvalue weighted by Gasteiger charge is -2.02. The first-order valence-corrected chi connectivity index (χ1v) is 4.20. The molecular formula is C10H7F2N3. The maximum absolute atomic E-state index is 13.3. The Labute approximate surface area is 84.6 Å². The van der Waals surface area contributed by atoms with E-state index in [-0.39, 0.29) is 11.4 Å². The van der Waals surface area contributed by atoms with Crippen molar-refractivity contribution in [2.24, 2.45) is 0 Å². The average Bonchev–Trinajstić information content (AvgIpc) is 2.17. The number of nitrogens with two attached hydrogens (primary N) is 1. The molecule has 0 aliphatic heterocycles. The summed E-state index contributed by atoms with van der Waals surface area (Å²) in [4.78, 5) is 7.53. The van der Waals surface area contributed by atoms with Crippen LogP contribution in [0.4, 0.5) is 14.6 Å². The van der Waals surface area contributed by atoms with Crippen molar-refractivity contribution in [2.75, 3.05) is 5.73 Å². The van der Waals surface area contributed by atoms with E-state index < -0.39 is 11.6 Å². The van der Waals surface area contributed by atoms with Crippen molar-refractivity contribution in [3.63, 3.8) is 0 Å². The quantitative estimate of drug-likeness (QED) is 0.778. The third-order valence-corrected chi connectivity index (χ3v) is 1.90. The molecule has 2 rings (SSSR count). The van der Waals surface area contributed by atoms with Crippen LogP contribution in [0.2, 0.25) is 0 Å². The number of rotatable bonds is 1. The molecule has 15 heavy (non-hydrogen) atoms. The molecule has 0 aliphatic rings. The summed E-state index contributed by atoms with van der Waals surface area (Å²) in [5.41, 5.74) is 5.96. The summed E-state index contributed by atoms with van der Waals surface area (Å²) in [6.07, 6.45) is 1.23. The number of benzene rings is 1. The first kappa shape index (κ1) is 9.51. The molecular weight excluding hydrogens is 200 g/mol. The van der Waals surface area contributed by atoms with Gasteiger partial charge in [-0.25, -0.2) is 18.7 Å². The molecule has 2 N–H and O–H groups in total. The third kappa shape index (κ3) is 1.90. The maximum atomic E-state index is 13.3. The van der Waals surface area contributed by atoms with Gasteiger partial charge in [0.15, 0.2) is 0 Å². The van der Waals surface area contributed by atoms with Gasteiger partial charge in [0.2, 0.25) is 0 Å². The lowest BCUT2D eigenvalue weighted by atomic mass is 10.1. The molecule has 76 valence electrons. The van der Waals surface area contributed by atoms with Crippen LogP contribution in [0.1, 0.15) is 0 Å². The maximum Gasteiger partial charge on any atom is 0.135 e. The first-order valence-electron chi connectivity index (χ1n) is 4.20. The van der Waals surface area contributed by atoms with E-state index in [0.29, 0.717) is 5.69 Å². The summed E-state index contributed by atoms with van der Waals surface area (Å²) < 4.78 is 26.0. The molecule has 0 bridgehead atoms. The SMILES string of the molecule is Nc1cc(-c2ccc(F)cc2F)ncn1. The molecule has 1 aromatic heterocycles. The molecule has 0 amide bonds. The number of nitrogens with zero attached hydrogens (tertiary/aromatic N) is 2. The summed E-state index contributed by atoms with van der Waals surface area (Å²) in [7, 11) is 0. The van der Waals surface area contributed by atoms with Crippen LogP contribution in [0.25, 0.3) is 11.3 Å². The Bertz CT molecular complexity index is 500. The predicted octanol–water partition coefficient (Wildman–Crippen LogP) is 2.00. The smallest absolute Gasteiger partial charge is 0.135 e. The van der Waals surface area contributed by atoms with Crippen molar-refractivity contribution in [1.82, 2.24) is 9.97 Å². The van der Waals surface area contributed by atoms with Gasteiger partial charge in [0.05, 0.1) is 5.69 Å². The Hall–Kier alpha value is -2.04. The molecule has 0 unspecified atom stereocenters. The Kier molecular flexibility index (Phi) is 2.29. The Morgan fingerprint density at radius 1 is 1.07 bits per heavy atom. The number of hydrogen-bond donors (Lipinski definition) is 1. The van der Waals surface area contributed by atoms with E-state index in [4.69, 9.17) is 5.73 Å². The van der Waals surface area contributed by atoms with Gasteiger partial charge in [-0.05, 0) is 12.1 Å². The molecule has 5 heteroatoms. The van der Waals surface area contributed by atoms with Gasteiger partial charge in [0.1, 0.15) is 23.8 Å². The highest BCUT2D eigenvalue weighted by Gasteiger charge is 2.07. The lowest BCUT2D eigenvalue weighted by Crippen LogP contribution is -1.94. The minimum Gasteiger partial charge on any atom is -0.384 e. The van der Waals surface area contributed by atoms with E-state index in [1.807, 2.05) is 0 Å². The van der Waals surface area contributed by atoms with Crippen molar-refractivity contribution in [3.05, 3.63) is 42.2 Å². The zero-order valence-corrected chi connectivity index (χ0v) is 7.61. The van der Waals surface area contributed by atoms with Crippen LogP contribution in [-0.2, 0) is 0 Å². The van der Waals surface area contributed by atoms with Crippen LogP contribution in [0.5, 0.6) is 0 Å². The van der Waals surface area contributed by atoms with Crippen molar-refractivity contribution >= 4 is 5.82 Å². The van der Waals surface area contributed by atoms with Gasteiger partial charge in [-0.3, -0.25) is 0 Å². The Morgan fingerprint density at radius 3 is 2.53 bits per heavy atom. The van der Waals surface area contributed by atoms with Crippen molar-refractivity contribution < 1.29 is 8.78 Å². The number of halogens is 2. The van der Waals surface area contributed by atoms with Crippen molar-refractivity contribution in [3.8, 4) is 11.3 Å². The van der Waals surface area contributed by atoms with Gasteiger partial charge < -0.3 is 5.73 Å². The lowest BCUT2D eigenvalue weighted by molar-refractivity contribution is 0.585. The first-order chi connectivity index (χ1) is 7.16. The molecule has 0 atom stereocenters. The highest BCUT2D eigenvalue weighted by atomic mass is 19.1. The standard InChI is InChI=1S/C10H7F2N3/c11-6-1-2-7(8(12)3-6)9-4-10(13)15-5-14-9/h1-5H,(H2,13,14,15). The van der Waals surface area contributed by atoms with E-state index >= 15 is 0 Å². The minimum absolute atomic E-state index is 0.200. The zero-order valence-electron chi connectivity index (χ0n) is 7.61. The van der Waals surface area contributed by atoms with Crippen LogP contribution >= 0.6 is 0 Å². The topological polar surface area (TPSA) is 51.8 Å². The van der Waals surface area contributed by atoms with Gasteiger partial charge in [0, 0.05) is 17.7 Å². The average molecular weight is 207 g/mol. The second kappa shape index (κ2) is 3.61. The molecule has 0 fully saturated rings.